The molecule has 1 amide bonds. The van der Waals surface area contributed by atoms with Gasteiger partial charge in [-0.1, -0.05) is 0 Å². The van der Waals surface area contributed by atoms with Crippen molar-refractivity contribution in [3.05, 3.63) is 24.3 Å². The lowest BCUT2D eigenvalue weighted by atomic mass is 10.1. The van der Waals surface area contributed by atoms with E-state index in [1.54, 1.807) is 24.3 Å². The van der Waals surface area contributed by atoms with Crippen molar-refractivity contribution >= 4 is 17.3 Å². The monoisotopic (exact) mass is 282 g/mol. The van der Waals surface area contributed by atoms with Crippen molar-refractivity contribution in [1.82, 2.24) is 0 Å². The fourth-order valence-corrected chi connectivity index (χ4v) is 2.04. The summed E-state index contributed by atoms with van der Waals surface area (Å²) in [5.74, 6) is -0.158. The van der Waals surface area contributed by atoms with Crippen LogP contribution in [0.4, 0.5) is 11.4 Å². The second-order valence-electron chi connectivity index (χ2n) is 4.66. The zero-order valence-corrected chi connectivity index (χ0v) is 11.0. The van der Waals surface area contributed by atoms with Gasteiger partial charge in [0.2, 0.25) is 5.91 Å². The molecule has 1 saturated heterocycles. The fourth-order valence-electron chi connectivity index (χ4n) is 2.04. The number of rotatable bonds is 4. The minimum Gasteiger partial charge on any atom is -0.394 e. The van der Waals surface area contributed by atoms with E-state index in [9.17, 15) is 15.0 Å². The highest BCUT2D eigenvalue weighted by Gasteiger charge is 2.42. The Morgan fingerprint density at radius 1 is 1.20 bits per heavy atom. The Balaban J connectivity index is 1.98. The van der Waals surface area contributed by atoms with Crippen LogP contribution in [0.25, 0.3) is 0 Å². The van der Waals surface area contributed by atoms with Crippen molar-refractivity contribution in [2.24, 2.45) is 0 Å². The van der Waals surface area contributed by atoms with Gasteiger partial charge in [0.15, 0.2) is 6.23 Å². The highest BCUT2D eigenvalue weighted by Crippen LogP contribution is 2.23. The van der Waals surface area contributed by atoms with Crippen molar-refractivity contribution in [3.8, 4) is 0 Å². The summed E-state index contributed by atoms with van der Waals surface area (Å²) in [5.41, 5.74) is 1.32. The van der Waals surface area contributed by atoms with Gasteiger partial charge in [-0.05, 0) is 24.3 Å². The number of benzene rings is 1. The van der Waals surface area contributed by atoms with Crippen molar-refractivity contribution in [1.29, 1.82) is 0 Å². The van der Waals surface area contributed by atoms with Crippen LogP contribution in [0, 0.1) is 0 Å². The van der Waals surface area contributed by atoms with Gasteiger partial charge in [-0.25, -0.2) is 0 Å². The van der Waals surface area contributed by atoms with Crippen LogP contribution in [0.1, 0.15) is 6.92 Å². The van der Waals surface area contributed by atoms with Crippen molar-refractivity contribution in [2.45, 2.75) is 31.5 Å². The van der Waals surface area contributed by atoms with Crippen LogP contribution in [-0.4, -0.2) is 52.4 Å². The van der Waals surface area contributed by atoms with E-state index in [4.69, 9.17) is 9.84 Å². The van der Waals surface area contributed by atoms with Gasteiger partial charge < -0.3 is 30.7 Å². The number of aliphatic hydroxyl groups is 3. The van der Waals surface area contributed by atoms with Crippen molar-refractivity contribution in [2.75, 3.05) is 17.2 Å². The summed E-state index contributed by atoms with van der Waals surface area (Å²) < 4.78 is 5.30. The highest BCUT2D eigenvalue weighted by molar-refractivity contribution is 5.88. The summed E-state index contributed by atoms with van der Waals surface area (Å²) in [6.45, 7) is 1.06. The number of nitrogens with one attached hydrogen (secondary N) is 2. The molecule has 0 bridgehead atoms. The molecule has 1 aromatic rings. The molecule has 0 unspecified atom stereocenters. The number of amides is 1. The van der Waals surface area contributed by atoms with Crippen LogP contribution in [0.3, 0.4) is 0 Å². The average molecular weight is 282 g/mol. The maximum absolute atomic E-state index is 10.9. The number of hydrogen-bond acceptors (Lipinski definition) is 6. The Hall–Kier alpha value is -1.67. The minimum absolute atomic E-state index is 0.158. The number of carbonyl (C=O) groups excluding carboxylic acids is 1. The number of carbonyl (C=O) groups is 1. The average Bonchev–Trinajstić information content (AvgIpc) is 2.68. The second-order valence-corrected chi connectivity index (χ2v) is 4.66. The third-order valence-corrected chi connectivity index (χ3v) is 3.06. The lowest BCUT2D eigenvalue weighted by Gasteiger charge is -2.17. The first kappa shape index (κ1) is 14.7. The minimum atomic E-state index is -1.13. The van der Waals surface area contributed by atoms with E-state index < -0.39 is 24.5 Å². The molecule has 110 valence electrons. The van der Waals surface area contributed by atoms with Gasteiger partial charge in [0.1, 0.15) is 18.3 Å². The van der Waals surface area contributed by atoms with Gasteiger partial charge in [0.05, 0.1) is 6.61 Å². The van der Waals surface area contributed by atoms with E-state index in [1.165, 1.54) is 6.92 Å². The molecule has 0 saturated carbocycles. The Morgan fingerprint density at radius 2 is 1.80 bits per heavy atom. The Labute approximate surface area is 116 Å². The molecule has 1 aliphatic rings. The number of hydrogen-bond donors (Lipinski definition) is 5. The van der Waals surface area contributed by atoms with Crippen LogP contribution >= 0.6 is 0 Å². The van der Waals surface area contributed by atoms with Gasteiger partial charge in [-0.3, -0.25) is 4.79 Å². The van der Waals surface area contributed by atoms with E-state index in [2.05, 4.69) is 10.6 Å². The smallest absolute Gasteiger partial charge is 0.221 e. The summed E-state index contributed by atoms with van der Waals surface area (Å²) in [6, 6.07) is 6.82. The van der Waals surface area contributed by atoms with Crippen LogP contribution in [0.15, 0.2) is 24.3 Å². The van der Waals surface area contributed by atoms with Crippen molar-refractivity contribution in [3.63, 3.8) is 0 Å². The zero-order chi connectivity index (χ0) is 14.7. The number of anilines is 2. The van der Waals surface area contributed by atoms with Gasteiger partial charge in [-0.15, -0.1) is 0 Å². The van der Waals surface area contributed by atoms with E-state index in [0.29, 0.717) is 11.4 Å². The molecule has 7 nitrogen and oxygen atoms in total. The molecule has 1 aliphatic heterocycles. The van der Waals surface area contributed by atoms with Crippen LogP contribution < -0.4 is 10.6 Å². The lowest BCUT2D eigenvalue weighted by Crippen LogP contribution is -2.36. The standard InChI is InChI=1S/C13H18N2O5/c1-7(17)14-8-2-4-9(5-3-8)15-13-12(19)11(18)10(6-16)20-13/h2-5,10-13,15-16,18-19H,6H2,1H3,(H,14,17)/t10-,11+,12+,13+/m0/s1. The Morgan fingerprint density at radius 3 is 2.30 bits per heavy atom. The number of ether oxygens (including phenoxy) is 1. The van der Waals surface area contributed by atoms with Gasteiger partial charge >= 0.3 is 0 Å². The first-order valence-corrected chi connectivity index (χ1v) is 6.28. The highest BCUT2D eigenvalue weighted by atomic mass is 16.6. The summed E-state index contributed by atoms with van der Waals surface area (Å²) in [7, 11) is 0. The topological polar surface area (TPSA) is 111 Å². The first-order valence-electron chi connectivity index (χ1n) is 6.28. The Bertz CT molecular complexity index is 464. The molecule has 4 atom stereocenters. The molecule has 0 aliphatic carbocycles. The van der Waals surface area contributed by atoms with Crippen molar-refractivity contribution < 1.29 is 24.9 Å². The van der Waals surface area contributed by atoms with E-state index >= 15 is 0 Å². The molecule has 0 spiro atoms. The largest absolute Gasteiger partial charge is 0.394 e. The van der Waals surface area contributed by atoms with E-state index in [0.717, 1.165) is 0 Å². The molecule has 1 heterocycles. The zero-order valence-electron chi connectivity index (χ0n) is 11.0. The molecule has 1 aromatic carbocycles. The predicted octanol–water partition coefficient (Wildman–Crippen LogP) is -0.504. The van der Waals surface area contributed by atoms with Gasteiger partial charge in [0, 0.05) is 18.3 Å². The maximum atomic E-state index is 10.9. The number of aliphatic hydroxyl groups excluding tert-OH is 3. The molecular formula is C13H18N2O5. The van der Waals surface area contributed by atoms with Crippen LogP contribution in [-0.2, 0) is 9.53 Å². The molecule has 1 fully saturated rings. The van der Waals surface area contributed by atoms with E-state index in [1.807, 2.05) is 0 Å². The first-order chi connectivity index (χ1) is 9.51. The SMILES string of the molecule is CC(=O)Nc1ccc(N[C@@H]2O[C@@H](CO)[C@@H](O)[C@H]2O)cc1. The van der Waals surface area contributed by atoms with E-state index in [-0.39, 0.29) is 12.5 Å². The Kier molecular flexibility index (Phi) is 4.56. The van der Waals surface area contributed by atoms with Gasteiger partial charge in [-0.2, -0.15) is 0 Å². The molecule has 7 heteroatoms. The molecular weight excluding hydrogens is 264 g/mol. The normalized spacial score (nSPS) is 29.2. The summed E-state index contributed by atoms with van der Waals surface area (Å²) >= 11 is 0. The third kappa shape index (κ3) is 3.26. The van der Waals surface area contributed by atoms with Gasteiger partial charge in [0.25, 0.3) is 0 Å². The molecule has 0 radical (unpaired) electrons. The quantitative estimate of drug-likeness (QED) is 0.509. The summed E-state index contributed by atoms with van der Waals surface area (Å²) in [4.78, 5) is 10.9. The predicted molar refractivity (Wildman–Crippen MR) is 72.1 cm³/mol. The third-order valence-electron chi connectivity index (χ3n) is 3.06. The summed E-state index contributed by atoms with van der Waals surface area (Å²) in [6.07, 6.45) is -3.85. The molecule has 5 N–H and O–H groups in total. The lowest BCUT2D eigenvalue weighted by molar-refractivity contribution is -0.114. The summed E-state index contributed by atoms with van der Waals surface area (Å²) in [5, 5.41) is 34.0. The van der Waals surface area contributed by atoms with Crippen LogP contribution in [0.5, 0.6) is 0 Å². The molecule has 2 rings (SSSR count). The maximum Gasteiger partial charge on any atom is 0.221 e. The molecule has 20 heavy (non-hydrogen) atoms. The molecule has 0 aromatic heterocycles. The van der Waals surface area contributed by atoms with Crippen LogP contribution in [0.2, 0.25) is 0 Å². The second kappa shape index (κ2) is 6.19. The fraction of sp³-hybridized carbons (Fsp3) is 0.462.